The van der Waals surface area contributed by atoms with Crippen molar-refractivity contribution in [2.45, 2.75) is 336 Å². The Kier molecular flexibility index (Phi) is 33.7. The van der Waals surface area contributed by atoms with Crippen LogP contribution in [0.3, 0.4) is 0 Å². The highest BCUT2D eigenvalue weighted by Crippen LogP contribution is 2.45. The lowest BCUT2D eigenvalue weighted by Gasteiger charge is -2.50. The predicted molar refractivity (Wildman–Crippen MR) is 381 cm³/mol. The number of esters is 4. The predicted octanol–water partition coefficient (Wildman–Crippen LogP) is -10.3. The van der Waals surface area contributed by atoms with E-state index in [2.05, 4.69) is 0 Å². The molecular weight excluding hydrogens is 1590 g/mol. The van der Waals surface area contributed by atoms with Crippen LogP contribution in [0.1, 0.15) is 103 Å². The summed E-state index contributed by atoms with van der Waals surface area (Å²) in [7, 11) is 0. The van der Waals surface area contributed by atoms with Gasteiger partial charge in [0.05, 0.1) is 73.6 Å². The molecule has 5 saturated carbocycles. The molecule has 6 heterocycles. The highest BCUT2D eigenvalue weighted by molar-refractivity contribution is 5.90. The molecule has 11 fully saturated rings. The summed E-state index contributed by atoms with van der Waals surface area (Å²) in [6.07, 6.45) is -49.2. The molecule has 0 radical (unpaired) electrons. The normalized spacial score (nSPS) is 47.3. The van der Waals surface area contributed by atoms with Gasteiger partial charge in [-0.2, -0.15) is 0 Å². The second-order valence-corrected chi connectivity index (χ2v) is 32.7. The maximum atomic E-state index is 13.3. The number of aliphatic hydroxyl groups is 24. The molecule has 43 heteroatoms. The van der Waals surface area contributed by atoms with Crippen LogP contribution in [0, 0.1) is 29.6 Å². The Bertz CT molecular complexity index is 3320. The number of carboxylic acids is 1. The second kappa shape index (κ2) is 42.3. The molecule has 11 rings (SSSR count). The van der Waals surface area contributed by atoms with Crippen LogP contribution in [-0.4, -0.2) is 418 Å². The van der Waals surface area contributed by atoms with E-state index in [1.807, 2.05) is 0 Å². The van der Waals surface area contributed by atoms with E-state index in [4.69, 9.17) is 76.2 Å². The number of aliphatic carboxylic acids is 1. The van der Waals surface area contributed by atoms with E-state index in [1.165, 1.54) is 18.2 Å². The third kappa shape index (κ3) is 23.4. The van der Waals surface area contributed by atoms with Crippen molar-refractivity contribution in [2.75, 3.05) is 33.0 Å². The second-order valence-electron chi connectivity index (χ2n) is 32.7. The van der Waals surface area contributed by atoms with Gasteiger partial charge in [-0.05, 0) is 101 Å². The molecule has 118 heavy (non-hydrogen) atoms. The van der Waals surface area contributed by atoms with Crippen molar-refractivity contribution in [1.29, 1.82) is 0 Å². The number of fused-ring (bicyclic) bond motifs is 1. The highest BCUT2D eigenvalue weighted by atomic mass is 16.8. The van der Waals surface area contributed by atoms with Crippen molar-refractivity contribution >= 4 is 29.8 Å². The van der Waals surface area contributed by atoms with E-state index in [-0.39, 0.29) is 88.9 Å². The molecule has 6 aliphatic heterocycles. The molecule has 0 aromatic rings. The number of aliphatic hydroxyl groups excluding tert-OH is 22. The molecule has 0 bridgehead atoms. The number of ether oxygens (including phenoxy) is 15. The summed E-state index contributed by atoms with van der Waals surface area (Å²) < 4.78 is 85.5. The number of rotatable bonds is 28. The van der Waals surface area contributed by atoms with Gasteiger partial charge in [-0.15, -0.1) is 0 Å². The van der Waals surface area contributed by atoms with Gasteiger partial charge >= 0.3 is 29.8 Å². The summed E-state index contributed by atoms with van der Waals surface area (Å²) in [5, 5.41) is 247. The van der Waals surface area contributed by atoms with E-state index < -0.39 is 320 Å². The summed E-state index contributed by atoms with van der Waals surface area (Å²) in [6.45, 7) is -3.48. The fourth-order valence-corrected chi connectivity index (χ4v) is 17.4. The van der Waals surface area contributed by atoms with Crippen molar-refractivity contribution in [3.63, 3.8) is 0 Å². The van der Waals surface area contributed by atoms with Crippen LogP contribution in [0.25, 0.3) is 0 Å². The molecule has 0 spiro atoms. The molecule has 11 aliphatic rings. The first-order chi connectivity index (χ1) is 56.0. The van der Waals surface area contributed by atoms with Gasteiger partial charge < -0.3 is 189 Å². The van der Waals surface area contributed by atoms with Crippen LogP contribution in [0.2, 0.25) is 0 Å². The van der Waals surface area contributed by atoms with Gasteiger partial charge in [-0.1, -0.05) is 18.2 Å². The van der Waals surface area contributed by atoms with Gasteiger partial charge in [-0.3, -0.25) is 9.59 Å². The Labute approximate surface area is 674 Å². The van der Waals surface area contributed by atoms with Crippen LogP contribution in [-0.2, 0) is 90.3 Å². The molecule has 43 atom stereocenters. The Morgan fingerprint density at radius 1 is 0.331 bits per heavy atom. The van der Waals surface area contributed by atoms with Crippen LogP contribution in [0.4, 0.5) is 0 Å². The lowest BCUT2D eigenvalue weighted by atomic mass is 9.72. The third-order valence-corrected chi connectivity index (χ3v) is 24.4. The maximum Gasteiger partial charge on any atom is 0.330 e. The Hall–Kier alpha value is -4.75. The first kappa shape index (κ1) is 93.9. The molecule has 6 saturated heterocycles. The lowest BCUT2D eigenvalue weighted by molar-refractivity contribution is -0.364. The van der Waals surface area contributed by atoms with Crippen LogP contribution in [0.5, 0.6) is 0 Å². The van der Waals surface area contributed by atoms with Crippen LogP contribution >= 0.6 is 0 Å². The minimum absolute atomic E-state index is 0.00868. The monoisotopic (exact) mass is 1700 g/mol. The average Bonchev–Trinajstić information content (AvgIpc) is 0.763. The zero-order chi connectivity index (χ0) is 85.4. The third-order valence-electron chi connectivity index (χ3n) is 24.4. The highest BCUT2D eigenvalue weighted by Gasteiger charge is 2.58. The number of carbonyl (C=O) groups excluding carboxylic acids is 4. The Morgan fingerprint density at radius 3 is 1.10 bits per heavy atom. The smallest absolute Gasteiger partial charge is 0.330 e. The molecule has 43 nitrogen and oxygen atoms in total. The van der Waals surface area contributed by atoms with Crippen molar-refractivity contribution in [3.05, 3.63) is 36.5 Å². The van der Waals surface area contributed by atoms with Gasteiger partial charge in [0.25, 0.3) is 0 Å². The number of allylic oxidation sites excluding steroid dienone is 3. The molecular formula is C75H115O43+. The Morgan fingerprint density at radius 2 is 0.695 bits per heavy atom. The van der Waals surface area contributed by atoms with Gasteiger partial charge in [-0.25, -0.2) is 14.4 Å². The van der Waals surface area contributed by atoms with Crippen molar-refractivity contribution in [1.82, 2.24) is 0 Å². The van der Waals surface area contributed by atoms with Crippen molar-refractivity contribution in [3.8, 4) is 0 Å². The summed E-state index contributed by atoms with van der Waals surface area (Å²) in [5.74, 6) is -8.09. The average molecular weight is 1700 g/mol. The molecule has 24 N–H and O–H groups in total. The topological polar surface area (TPSA) is 693 Å². The van der Waals surface area contributed by atoms with E-state index in [9.17, 15) is 136 Å². The molecule has 18 unspecified atom stereocenters. The van der Waals surface area contributed by atoms with Gasteiger partial charge in [0, 0.05) is 37.0 Å². The van der Waals surface area contributed by atoms with Crippen LogP contribution in [0.15, 0.2) is 36.5 Å². The molecule has 0 aromatic heterocycles. The summed E-state index contributed by atoms with van der Waals surface area (Å²) in [4.78, 5) is 62.4. The molecule has 0 aromatic carbocycles. The first-order valence-electron chi connectivity index (χ1n) is 40.1. The zero-order valence-electron chi connectivity index (χ0n) is 64.1. The van der Waals surface area contributed by atoms with E-state index in [0.717, 1.165) is 18.2 Å². The number of carbonyl (C=O) groups is 5. The summed E-state index contributed by atoms with van der Waals surface area (Å²) in [6, 6.07) is 0. The fraction of sp³-hybridized carbons (Fsp3) is 0.853. The summed E-state index contributed by atoms with van der Waals surface area (Å²) in [5.41, 5.74) is 0. The van der Waals surface area contributed by atoms with Crippen LogP contribution < -0.4 is 0 Å². The van der Waals surface area contributed by atoms with Gasteiger partial charge in [0.1, 0.15) is 161 Å². The summed E-state index contributed by atoms with van der Waals surface area (Å²) >= 11 is 0. The fourth-order valence-electron chi connectivity index (χ4n) is 17.4. The van der Waals surface area contributed by atoms with E-state index in [1.54, 1.807) is 0 Å². The number of carboxylic acid groups (broad SMARTS) is 1. The molecule has 672 valence electrons. The van der Waals surface area contributed by atoms with Crippen molar-refractivity contribution in [2.24, 2.45) is 29.6 Å². The van der Waals surface area contributed by atoms with E-state index >= 15 is 0 Å². The SMILES string of the molecule is O=C(O)CC(=O)OC[C@H]1O[C@@H](OC2CC3C(O)CC(O[C@@H]4O[C@H](COC(=O)C=CC5CCC(O)C(O)C5)[C@@H](O)[C@H](O)[C@H]4O)CC3[OH+]C2C2CCC(O)C(O[C@@H]3O[C@H](COC(=O)C=CC4CCC(O[C@@H]5O[C@H](COC(=O)C=CC6CCC(O[C@@H]7O[C@H](CO)[C@@H](O)[C@H](O)[C@H]7O)C(O)C6)[C@@H](O)[C@H](O)[C@H]5O)C(O)C4)[C@@H](O)[C@H](O)[C@H]3O)C2)[C@H](O)[C@@H](O)[C@@H]1O. The van der Waals surface area contributed by atoms with Crippen molar-refractivity contribution < 1.29 is 212 Å². The minimum atomic E-state index is -2.00. The Balaban J connectivity index is 0.669. The van der Waals surface area contributed by atoms with E-state index in [0.29, 0.717) is 19.3 Å². The molecule has 0 amide bonds. The molecule has 5 aliphatic carbocycles. The number of hydrogen-bond donors (Lipinski definition) is 23. The van der Waals surface area contributed by atoms with Gasteiger partial charge in [0.15, 0.2) is 43.7 Å². The first-order valence-corrected chi connectivity index (χ1v) is 40.1. The number of hydrogen-bond acceptors (Lipinski definition) is 41. The standard InChI is InChI=1S/C75H114O43/c76-23-45-55(89)60(94)66(100)72(114-45)110-40-10-2-29(16-38(40)81)5-13-52(86)105-25-47-57(91)62(96)67(101)73(116-47)111-41-11-3-30(17-39(41)82)6-14-53(87)106-26-48-58(92)63(97)68(102)74(117-48)112-43-18-31(7-9-35(43)78)70-44(113-75-69(103)64(98)59(93)49(118-75)27-107-54(88)22-50(83)84)21-33-36(79)19-32(20-42(33)109-70)108-71-65(99)61(95)56(90)46(115-71)24-104-51(85)12-4-28-1-8-34(77)37(80)15-28/h4-6,12-14,28-49,55-82,89-103H,1-3,7-11,15-27H2,(H,83,84)/p+1/t28?,29?,30?,31?,32?,33?,34?,35?,36?,37?,38?,39?,40?,41?,42?,43?,44?,45-,46-,47-,48-,49-,55-,56-,57-,58-,59-,60+,61+,62+,63+,64+,65-,66-,67-,68-,69-,70?,71-,72-,73-,74-,75-/m1/s1. The lowest BCUT2D eigenvalue weighted by Crippen LogP contribution is -2.64. The zero-order valence-corrected chi connectivity index (χ0v) is 64.1. The maximum absolute atomic E-state index is 13.3. The quantitative estimate of drug-likeness (QED) is 0.0114. The largest absolute Gasteiger partial charge is 0.481 e. The van der Waals surface area contributed by atoms with Gasteiger partial charge in [0.2, 0.25) is 0 Å². The minimum Gasteiger partial charge on any atom is -0.481 e.